The molecular weight excluding hydrogens is 174 g/mol. The lowest BCUT2D eigenvalue weighted by Crippen LogP contribution is -2.14. The highest BCUT2D eigenvalue weighted by atomic mass is 16.5. The smallest absolute Gasteiger partial charge is 0.0684 e. The van der Waals surface area contributed by atoms with E-state index in [1.807, 2.05) is 13.8 Å². The molecule has 1 fully saturated rings. The molecule has 80 valence electrons. The molecule has 0 saturated heterocycles. The van der Waals surface area contributed by atoms with E-state index in [1.54, 1.807) is 0 Å². The van der Waals surface area contributed by atoms with E-state index in [0.717, 1.165) is 25.6 Å². The van der Waals surface area contributed by atoms with Crippen molar-refractivity contribution < 1.29 is 4.74 Å². The van der Waals surface area contributed by atoms with Gasteiger partial charge in [-0.25, -0.2) is 0 Å². The molecule has 1 aliphatic rings. The summed E-state index contributed by atoms with van der Waals surface area (Å²) in [4.78, 5) is 0. The average molecular weight is 195 g/mol. The summed E-state index contributed by atoms with van der Waals surface area (Å²) in [5.41, 5.74) is -0.227. The largest absolute Gasteiger partial charge is 0.381 e. The van der Waals surface area contributed by atoms with Crippen molar-refractivity contribution in [2.24, 2.45) is 11.3 Å². The summed E-state index contributed by atoms with van der Waals surface area (Å²) in [7, 11) is 0. The lowest BCUT2D eigenvalue weighted by atomic mass is 9.92. The SMILES string of the molecule is CC(C)(C#N)CCOCC1CCCC1. The van der Waals surface area contributed by atoms with Gasteiger partial charge in [-0.3, -0.25) is 0 Å². The van der Waals surface area contributed by atoms with Gasteiger partial charge in [-0.1, -0.05) is 12.8 Å². The van der Waals surface area contributed by atoms with E-state index in [2.05, 4.69) is 6.07 Å². The van der Waals surface area contributed by atoms with E-state index in [1.165, 1.54) is 25.7 Å². The van der Waals surface area contributed by atoms with E-state index >= 15 is 0 Å². The monoisotopic (exact) mass is 195 g/mol. The maximum absolute atomic E-state index is 8.80. The van der Waals surface area contributed by atoms with E-state index in [9.17, 15) is 0 Å². The Morgan fingerprint density at radius 1 is 1.36 bits per heavy atom. The van der Waals surface area contributed by atoms with Crippen LogP contribution in [0, 0.1) is 22.7 Å². The van der Waals surface area contributed by atoms with Gasteiger partial charge in [0.15, 0.2) is 0 Å². The van der Waals surface area contributed by atoms with Crippen LogP contribution in [-0.4, -0.2) is 13.2 Å². The Balaban J connectivity index is 2.02. The number of hydrogen-bond acceptors (Lipinski definition) is 2. The molecule has 0 aromatic carbocycles. The highest BCUT2D eigenvalue weighted by molar-refractivity contribution is 4.91. The molecule has 1 aliphatic carbocycles. The molecule has 0 atom stereocenters. The average Bonchev–Trinajstić information content (AvgIpc) is 2.65. The van der Waals surface area contributed by atoms with E-state index in [4.69, 9.17) is 10.00 Å². The lowest BCUT2D eigenvalue weighted by molar-refractivity contribution is 0.0863. The molecule has 0 aromatic heterocycles. The molecule has 14 heavy (non-hydrogen) atoms. The third-order valence-electron chi connectivity index (χ3n) is 3.00. The predicted molar refractivity (Wildman–Crippen MR) is 56.8 cm³/mol. The Morgan fingerprint density at radius 2 is 2.00 bits per heavy atom. The fourth-order valence-corrected chi connectivity index (χ4v) is 1.81. The van der Waals surface area contributed by atoms with Gasteiger partial charge < -0.3 is 4.74 Å². The molecule has 2 heteroatoms. The number of nitrogens with zero attached hydrogens (tertiary/aromatic N) is 1. The highest BCUT2D eigenvalue weighted by Crippen LogP contribution is 2.25. The summed E-state index contributed by atoms with van der Waals surface area (Å²) >= 11 is 0. The Labute approximate surface area is 87.3 Å². The number of rotatable bonds is 5. The van der Waals surface area contributed by atoms with Crippen molar-refractivity contribution in [2.45, 2.75) is 46.0 Å². The molecule has 0 bridgehead atoms. The minimum atomic E-state index is -0.227. The van der Waals surface area contributed by atoms with Crippen LogP contribution in [0.3, 0.4) is 0 Å². The van der Waals surface area contributed by atoms with E-state index < -0.39 is 0 Å². The summed E-state index contributed by atoms with van der Waals surface area (Å²) in [5, 5.41) is 8.80. The van der Waals surface area contributed by atoms with Crippen molar-refractivity contribution in [3.05, 3.63) is 0 Å². The van der Waals surface area contributed by atoms with Gasteiger partial charge in [0.1, 0.15) is 0 Å². The van der Waals surface area contributed by atoms with Crippen LogP contribution in [0.4, 0.5) is 0 Å². The molecule has 0 N–H and O–H groups in total. The van der Waals surface area contributed by atoms with E-state index in [-0.39, 0.29) is 5.41 Å². The van der Waals surface area contributed by atoms with Crippen LogP contribution in [0.5, 0.6) is 0 Å². The third kappa shape index (κ3) is 4.11. The highest BCUT2D eigenvalue weighted by Gasteiger charge is 2.18. The Morgan fingerprint density at radius 3 is 2.57 bits per heavy atom. The summed E-state index contributed by atoms with van der Waals surface area (Å²) in [6.07, 6.45) is 6.26. The summed E-state index contributed by atoms with van der Waals surface area (Å²) in [6, 6.07) is 2.29. The number of hydrogen-bond donors (Lipinski definition) is 0. The van der Waals surface area contributed by atoms with Crippen LogP contribution in [0.15, 0.2) is 0 Å². The number of nitriles is 1. The van der Waals surface area contributed by atoms with Gasteiger partial charge in [0.25, 0.3) is 0 Å². The van der Waals surface area contributed by atoms with Crippen LogP contribution in [0.2, 0.25) is 0 Å². The molecule has 1 saturated carbocycles. The van der Waals surface area contributed by atoms with Gasteiger partial charge in [-0.15, -0.1) is 0 Å². The molecule has 0 aliphatic heterocycles. The van der Waals surface area contributed by atoms with Gasteiger partial charge in [0.2, 0.25) is 0 Å². The van der Waals surface area contributed by atoms with Crippen LogP contribution in [0.25, 0.3) is 0 Å². The Hall–Kier alpha value is -0.550. The molecule has 0 amide bonds. The van der Waals surface area contributed by atoms with Gasteiger partial charge in [0, 0.05) is 13.2 Å². The van der Waals surface area contributed by atoms with Crippen molar-refractivity contribution in [2.75, 3.05) is 13.2 Å². The van der Waals surface area contributed by atoms with Crippen molar-refractivity contribution in [3.8, 4) is 6.07 Å². The normalized spacial score (nSPS) is 18.4. The maximum atomic E-state index is 8.80. The van der Waals surface area contributed by atoms with Crippen LogP contribution in [-0.2, 0) is 4.74 Å². The summed E-state index contributed by atoms with van der Waals surface area (Å²) in [6.45, 7) is 5.57. The third-order valence-corrected chi connectivity index (χ3v) is 3.00. The first-order valence-electron chi connectivity index (χ1n) is 5.63. The summed E-state index contributed by atoms with van der Waals surface area (Å²) < 4.78 is 5.60. The second kappa shape index (κ2) is 5.36. The quantitative estimate of drug-likeness (QED) is 0.631. The standard InChI is InChI=1S/C12H21NO/c1-12(2,10-13)7-8-14-9-11-5-3-4-6-11/h11H,3-9H2,1-2H3. The zero-order chi connectivity index (χ0) is 10.4. The molecule has 0 aromatic rings. The Bertz CT molecular complexity index is 199. The minimum Gasteiger partial charge on any atom is -0.381 e. The second-order valence-electron chi connectivity index (χ2n) is 4.97. The van der Waals surface area contributed by atoms with Crippen LogP contribution < -0.4 is 0 Å². The predicted octanol–water partition coefficient (Wildman–Crippen LogP) is 3.13. The molecule has 1 rings (SSSR count). The molecular formula is C12H21NO. The van der Waals surface area contributed by atoms with Crippen molar-refractivity contribution in [1.29, 1.82) is 5.26 Å². The topological polar surface area (TPSA) is 33.0 Å². The van der Waals surface area contributed by atoms with Crippen molar-refractivity contribution in [3.63, 3.8) is 0 Å². The Kier molecular flexibility index (Phi) is 4.41. The maximum Gasteiger partial charge on any atom is 0.0684 e. The van der Waals surface area contributed by atoms with Crippen molar-refractivity contribution >= 4 is 0 Å². The van der Waals surface area contributed by atoms with Gasteiger partial charge in [0.05, 0.1) is 11.5 Å². The van der Waals surface area contributed by atoms with Crippen molar-refractivity contribution in [1.82, 2.24) is 0 Å². The lowest BCUT2D eigenvalue weighted by Gasteiger charge is -2.16. The van der Waals surface area contributed by atoms with Gasteiger partial charge >= 0.3 is 0 Å². The number of ether oxygens (including phenoxy) is 1. The van der Waals surface area contributed by atoms with E-state index in [0.29, 0.717) is 0 Å². The first-order valence-corrected chi connectivity index (χ1v) is 5.63. The van der Waals surface area contributed by atoms with Crippen LogP contribution in [0.1, 0.15) is 46.0 Å². The zero-order valence-electron chi connectivity index (χ0n) is 9.38. The molecule has 0 radical (unpaired) electrons. The fourth-order valence-electron chi connectivity index (χ4n) is 1.81. The second-order valence-corrected chi connectivity index (χ2v) is 4.97. The summed E-state index contributed by atoms with van der Waals surface area (Å²) in [5.74, 6) is 0.792. The van der Waals surface area contributed by atoms with Gasteiger partial charge in [-0.05, 0) is 39.0 Å². The first-order chi connectivity index (χ1) is 6.64. The van der Waals surface area contributed by atoms with Crippen LogP contribution >= 0.6 is 0 Å². The molecule has 2 nitrogen and oxygen atoms in total. The molecule has 0 spiro atoms. The zero-order valence-corrected chi connectivity index (χ0v) is 9.38. The minimum absolute atomic E-state index is 0.227. The first kappa shape index (κ1) is 11.5. The molecule has 0 unspecified atom stereocenters. The fraction of sp³-hybridized carbons (Fsp3) is 0.917. The van der Waals surface area contributed by atoms with Gasteiger partial charge in [-0.2, -0.15) is 5.26 Å². The molecule has 0 heterocycles.